The van der Waals surface area contributed by atoms with Gasteiger partial charge >= 0.3 is 0 Å². The fourth-order valence-electron chi connectivity index (χ4n) is 3.67. The van der Waals surface area contributed by atoms with Gasteiger partial charge in [-0.25, -0.2) is 8.78 Å². The molecule has 11 nitrogen and oxygen atoms in total. The van der Waals surface area contributed by atoms with E-state index in [-0.39, 0.29) is 30.7 Å². The van der Waals surface area contributed by atoms with Crippen molar-refractivity contribution in [2.45, 2.75) is 63.7 Å². The molecule has 1 aliphatic heterocycles. The van der Waals surface area contributed by atoms with Gasteiger partial charge in [-0.05, 0) is 32.2 Å². The van der Waals surface area contributed by atoms with Gasteiger partial charge in [0.15, 0.2) is 5.78 Å². The summed E-state index contributed by atoms with van der Waals surface area (Å²) in [4.78, 5) is 65.7. The fraction of sp³-hybridized carbons (Fsp3) is 0.542. The highest BCUT2D eigenvalue weighted by atomic mass is 32.2. The molecule has 0 bridgehead atoms. The standard InChI is InChI=1S/C24H30F2N6O5S/c1-14(23(37)32-13-24(25,26)9-18(32)10-27)30-22(36)16-6-7-28-17(8-16)11-29-20(34)4-5-21(35)31-19(12-38-3)15(2)33/h6-8,14,18-19H,4-5,9,11-13H2,1-3H3,(H,29,34)(H,30,36)(H,31,35)/t14-,18+,19?/m1/s1. The number of nitrogens with zero attached hydrogens (tertiary/aromatic N) is 3. The predicted octanol–water partition coefficient (Wildman–Crippen LogP) is 0.793. The second kappa shape index (κ2) is 13.8. The third-order valence-corrected chi connectivity index (χ3v) is 6.37. The molecule has 4 amide bonds. The van der Waals surface area contributed by atoms with Gasteiger partial charge in [0.1, 0.15) is 12.1 Å². The molecule has 1 fully saturated rings. The number of amides is 4. The molecule has 38 heavy (non-hydrogen) atoms. The third kappa shape index (κ3) is 9.05. The number of alkyl halides is 2. The van der Waals surface area contributed by atoms with Gasteiger partial charge in [-0.15, -0.1) is 0 Å². The van der Waals surface area contributed by atoms with Crippen LogP contribution in [0.4, 0.5) is 8.78 Å². The maximum Gasteiger partial charge on any atom is 0.268 e. The molecule has 0 radical (unpaired) electrons. The number of carbonyl (C=O) groups excluding carboxylic acids is 5. The highest BCUT2D eigenvalue weighted by molar-refractivity contribution is 7.98. The highest BCUT2D eigenvalue weighted by Crippen LogP contribution is 2.32. The lowest BCUT2D eigenvalue weighted by Gasteiger charge is -2.23. The number of pyridine rings is 1. The van der Waals surface area contributed by atoms with Gasteiger partial charge < -0.3 is 20.9 Å². The number of hydrogen-bond acceptors (Lipinski definition) is 8. The molecule has 3 atom stereocenters. The molecule has 0 saturated carbocycles. The Morgan fingerprint density at radius 3 is 2.55 bits per heavy atom. The van der Waals surface area contributed by atoms with E-state index in [1.54, 1.807) is 6.07 Å². The molecule has 1 aromatic heterocycles. The number of nitriles is 1. The summed E-state index contributed by atoms with van der Waals surface area (Å²) in [7, 11) is 0. The molecule has 206 valence electrons. The first-order chi connectivity index (χ1) is 17.9. The molecule has 1 aliphatic rings. The monoisotopic (exact) mass is 552 g/mol. The van der Waals surface area contributed by atoms with Crippen LogP contribution >= 0.6 is 11.8 Å². The minimum atomic E-state index is -3.17. The Balaban J connectivity index is 1.86. The molecule has 0 aliphatic carbocycles. The molecule has 1 aromatic rings. The molecule has 3 N–H and O–H groups in total. The Bertz CT molecular complexity index is 1110. The maximum atomic E-state index is 13.6. The van der Waals surface area contributed by atoms with E-state index >= 15 is 0 Å². The van der Waals surface area contributed by atoms with Gasteiger partial charge in [0, 0.05) is 36.8 Å². The van der Waals surface area contributed by atoms with Gasteiger partial charge in [0.05, 0.1) is 30.9 Å². The fourth-order valence-corrected chi connectivity index (χ4v) is 4.32. The average Bonchev–Trinajstić information content (AvgIpc) is 3.19. The van der Waals surface area contributed by atoms with Crippen molar-refractivity contribution in [1.29, 1.82) is 5.26 Å². The van der Waals surface area contributed by atoms with Crippen LogP contribution in [0.15, 0.2) is 18.3 Å². The van der Waals surface area contributed by atoms with Crippen LogP contribution in [0.3, 0.4) is 0 Å². The highest BCUT2D eigenvalue weighted by Gasteiger charge is 2.48. The number of aromatic nitrogens is 1. The van der Waals surface area contributed by atoms with Gasteiger partial charge in [0.2, 0.25) is 17.7 Å². The zero-order valence-corrected chi connectivity index (χ0v) is 22.1. The summed E-state index contributed by atoms with van der Waals surface area (Å²) in [5.41, 5.74) is 0.450. The van der Waals surface area contributed by atoms with Crippen molar-refractivity contribution < 1.29 is 32.8 Å². The number of likely N-dealkylation sites (tertiary alicyclic amines) is 1. The zero-order valence-electron chi connectivity index (χ0n) is 21.3. The molecule has 0 spiro atoms. The van der Waals surface area contributed by atoms with Gasteiger partial charge in [0.25, 0.3) is 11.8 Å². The number of carbonyl (C=O) groups is 5. The number of halogens is 2. The molecule has 1 unspecified atom stereocenters. The first kappa shape index (κ1) is 30.6. The molecule has 2 heterocycles. The van der Waals surface area contributed by atoms with Crippen LogP contribution < -0.4 is 16.0 Å². The molecular formula is C24H30F2N6O5S. The van der Waals surface area contributed by atoms with Crippen molar-refractivity contribution in [1.82, 2.24) is 25.8 Å². The van der Waals surface area contributed by atoms with E-state index in [9.17, 15) is 32.8 Å². The van der Waals surface area contributed by atoms with Gasteiger partial charge in [-0.2, -0.15) is 17.0 Å². The molecule has 1 saturated heterocycles. The largest absolute Gasteiger partial charge is 0.350 e. The number of nitrogens with one attached hydrogen (secondary N) is 3. The van der Waals surface area contributed by atoms with Crippen molar-refractivity contribution >= 4 is 41.2 Å². The maximum absolute atomic E-state index is 13.6. The van der Waals surface area contributed by atoms with Crippen molar-refractivity contribution in [3.8, 4) is 6.07 Å². The Labute approximate surface area is 223 Å². The van der Waals surface area contributed by atoms with Crippen molar-refractivity contribution in [3.05, 3.63) is 29.6 Å². The first-order valence-electron chi connectivity index (χ1n) is 11.8. The Kier molecular flexibility index (Phi) is 11.1. The Morgan fingerprint density at radius 2 is 1.92 bits per heavy atom. The summed E-state index contributed by atoms with van der Waals surface area (Å²) in [6.07, 6.45) is 2.16. The number of rotatable bonds is 12. The molecule has 2 rings (SSSR count). The summed E-state index contributed by atoms with van der Waals surface area (Å²) in [5.74, 6) is -5.22. The zero-order chi connectivity index (χ0) is 28.5. The molecular weight excluding hydrogens is 522 g/mol. The topological polar surface area (TPSA) is 161 Å². The Hall–Kier alpha value is -3.60. The van der Waals surface area contributed by atoms with E-state index in [1.165, 1.54) is 43.9 Å². The number of hydrogen-bond donors (Lipinski definition) is 3. The lowest BCUT2D eigenvalue weighted by Crippen LogP contribution is -2.48. The van der Waals surface area contributed by atoms with Crippen LogP contribution in [0.1, 0.15) is 49.2 Å². The lowest BCUT2D eigenvalue weighted by molar-refractivity contribution is -0.134. The number of thioether (sulfide) groups is 1. The van der Waals surface area contributed by atoms with Crippen LogP contribution in [-0.4, -0.2) is 81.9 Å². The van der Waals surface area contributed by atoms with Crippen molar-refractivity contribution in [3.63, 3.8) is 0 Å². The van der Waals surface area contributed by atoms with Gasteiger partial charge in [-0.3, -0.25) is 29.0 Å². The van der Waals surface area contributed by atoms with E-state index in [0.717, 1.165) is 4.90 Å². The quantitative estimate of drug-likeness (QED) is 0.343. The van der Waals surface area contributed by atoms with E-state index in [1.807, 2.05) is 6.26 Å². The van der Waals surface area contributed by atoms with Crippen LogP contribution in [0.2, 0.25) is 0 Å². The second-order valence-electron chi connectivity index (χ2n) is 8.86. The van der Waals surface area contributed by atoms with Crippen LogP contribution in [-0.2, 0) is 25.7 Å². The van der Waals surface area contributed by atoms with Crippen LogP contribution in [0.5, 0.6) is 0 Å². The summed E-state index contributed by atoms with van der Waals surface area (Å²) in [6, 6.07) is 1.41. The van der Waals surface area contributed by atoms with Crippen molar-refractivity contribution in [2.24, 2.45) is 0 Å². The second-order valence-corrected chi connectivity index (χ2v) is 9.78. The summed E-state index contributed by atoms with van der Waals surface area (Å²) in [5, 5.41) is 16.7. The number of ketones is 1. The van der Waals surface area contributed by atoms with Crippen molar-refractivity contribution in [2.75, 3.05) is 18.6 Å². The van der Waals surface area contributed by atoms with Gasteiger partial charge in [-0.1, -0.05) is 0 Å². The summed E-state index contributed by atoms with van der Waals surface area (Å²) >= 11 is 1.42. The van der Waals surface area contributed by atoms with Crippen LogP contribution in [0, 0.1) is 11.3 Å². The lowest BCUT2D eigenvalue weighted by atomic mass is 10.1. The summed E-state index contributed by atoms with van der Waals surface area (Å²) < 4.78 is 27.3. The van der Waals surface area contributed by atoms with E-state index in [2.05, 4.69) is 20.9 Å². The molecule has 14 heteroatoms. The smallest absolute Gasteiger partial charge is 0.268 e. The minimum absolute atomic E-state index is 0.0364. The van der Waals surface area contributed by atoms with E-state index in [0.29, 0.717) is 11.4 Å². The Morgan fingerprint density at radius 1 is 1.24 bits per heavy atom. The third-order valence-electron chi connectivity index (χ3n) is 5.70. The average molecular weight is 553 g/mol. The van der Waals surface area contributed by atoms with E-state index in [4.69, 9.17) is 5.26 Å². The SMILES string of the molecule is CSCC(NC(=O)CCC(=O)NCc1cc(C(=O)N[C@H](C)C(=O)N2CC(F)(F)C[C@H]2C#N)ccn1)C(C)=O. The predicted molar refractivity (Wildman–Crippen MR) is 134 cm³/mol. The van der Waals surface area contributed by atoms with E-state index < -0.39 is 60.6 Å². The normalized spacial score (nSPS) is 17.6. The van der Waals surface area contributed by atoms with Crippen LogP contribution in [0.25, 0.3) is 0 Å². The number of Topliss-reactive ketones (excluding diaryl/α,β-unsaturated/α-hetero) is 1. The first-order valence-corrected chi connectivity index (χ1v) is 13.2. The molecule has 0 aromatic carbocycles. The summed E-state index contributed by atoms with van der Waals surface area (Å²) in [6.45, 7) is 1.79. The minimum Gasteiger partial charge on any atom is -0.350 e.